The van der Waals surface area contributed by atoms with E-state index >= 15 is 0 Å². The lowest BCUT2D eigenvalue weighted by Crippen LogP contribution is -2.28. The molecule has 0 aliphatic heterocycles. The summed E-state index contributed by atoms with van der Waals surface area (Å²) in [6.45, 7) is 1.97. The van der Waals surface area contributed by atoms with E-state index in [4.69, 9.17) is 0 Å². The van der Waals surface area contributed by atoms with Crippen molar-refractivity contribution in [2.75, 3.05) is 11.1 Å². The van der Waals surface area contributed by atoms with Gasteiger partial charge in [0, 0.05) is 16.5 Å². The smallest absolute Gasteiger partial charge is 0.230 e. The maximum absolute atomic E-state index is 12.4. The molecule has 0 bridgehead atoms. The Labute approximate surface area is 175 Å². The van der Waals surface area contributed by atoms with Gasteiger partial charge < -0.3 is 10.6 Å². The summed E-state index contributed by atoms with van der Waals surface area (Å²) >= 11 is 1.54. The van der Waals surface area contributed by atoms with Gasteiger partial charge in [-0.15, -0.1) is 11.8 Å². The number of hydrogen-bond acceptors (Lipinski definition) is 3. The number of carbonyl (C=O) groups excluding carboxylic acids is 2. The maximum Gasteiger partial charge on any atom is 0.230 e. The van der Waals surface area contributed by atoms with Crippen molar-refractivity contribution in [1.82, 2.24) is 5.32 Å². The fraction of sp³-hybridized carbons (Fsp3) is 0.250. The highest BCUT2D eigenvalue weighted by Gasteiger charge is 2.29. The minimum Gasteiger partial charge on any atom is -0.349 e. The van der Waals surface area contributed by atoms with Gasteiger partial charge in [-0.2, -0.15) is 0 Å². The number of carbonyl (C=O) groups is 2. The molecule has 4 rings (SSSR count). The number of nitrogens with one attached hydrogen (secondary N) is 2. The van der Waals surface area contributed by atoms with E-state index < -0.39 is 0 Å². The molecule has 0 aromatic heterocycles. The van der Waals surface area contributed by atoms with Gasteiger partial charge in [-0.3, -0.25) is 9.59 Å². The van der Waals surface area contributed by atoms with Gasteiger partial charge in [-0.05, 0) is 60.4 Å². The first-order chi connectivity index (χ1) is 14.1. The van der Waals surface area contributed by atoms with Gasteiger partial charge in [0.15, 0.2) is 0 Å². The SMILES string of the molecule is CC(NC(=O)CSc1ccc2ccccc2c1)c1ccc(NC(=O)C2CC2)cc1. The second kappa shape index (κ2) is 8.70. The molecule has 5 heteroatoms. The largest absolute Gasteiger partial charge is 0.349 e. The van der Waals surface area contributed by atoms with Crippen LogP contribution in [0.1, 0.15) is 31.4 Å². The van der Waals surface area contributed by atoms with Crippen LogP contribution >= 0.6 is 11.8 Å². The fourth-order valence-corrected chi connectivity index (χ4v) is 3.97. The highest BCUT2D eigenvalue weighted by molar-refractivity contribution is 8.00. The molecule has 29 heavy (non-hydrogen) atoms. The molecule has 0 spiro atoms. The quantitative estimate of drug-likeness (QED) is 0.535. The number of rotatable bonds is 7. The van der Waals surface area contributed by atoms with E-state index in [0.29, 0.717) is 5.75 Å². The van der Waals surface area contributed by atoms with E-state index in [-0.39, 0.29) is 23.8 Å². The maximum atomic E-state index is 12.4. The number of fused-ring (bicyclic) bond motifs is 1. The van der Waals surface area contributed by atoms with Crippen molar-refractivity contribution in [1.29, 1.82) is 0 Å². The second-order valence-corrected chi connectivity index (χ2v) is 8.52. The summed E-state index contributed by atoms with van der Waals surface area (Å²) < 4.78 is 0. The fourth-order valence-electron chi connectivity index (χ4n) is 3.22. The van der Waals surface area contributed by atoms with Crippen LogP contribution in [0.15, 0.2) is 71.6 Å². The molecule has 1 unspecified atom stereocenters. The lowest BCUT2D eigenvalue weighted by atomic mass is 10.1. The lowest BCUT2D eigenvalue weighted by molar-refractivity contribution is -0.119. The van der Waals surface area contributed by atoms with Crippen molar-refractivity contribution >= 4 is 40.0 Å². The number of amides is 2. The van der Waals surface area contributed by atoms with Crippen molar-refractivity contribution in [3.63, 3.8) is 0 Å². The van der Waals surface area contributed by atoms with Crippen LogP contribution in [0.5, 0.6) is 0 Å². The molecule has 1 saturated carbocycles. The average molecular weight is 405 g/mol. The van der Waals surface area contributed by atoms with E-state index in [1.165, 1.54) is 22.5 Å². The first kappa shape index (κ1) is 19.5. The van der Waals surface area contributed by atoms with Gasteiger partial charge in [-0.1, -0.05) is 42.5 Å². The Kier molecular flexibility index (Phi) is 5.86. The molecule has 1 aliphatic rings. The number of thioether (sulfide) groups is 1. The van der Waals surface area contributed by atoms with Crippen LogP contribution in [-0.2, 0) is 9.59 Å². The molecule has 3 aromatic carbocycles. The standard InChI is InChI=1S/C24H24N2O2S/c1-16(17-8-11-21(12-9-17)26-24(28)19-6-7-19)25-23(27)15-29-22-13-10-18-4-2-3-5-20(18)14-22/h2-5,8-14,16,19H,6-7,15H2,1H3,(H,25,27)(H,26,28). The minimum atomic E-state index is -0.0899. The zero-order chi connectivity index (χ0) is 20.2. The third-order valence-electron chi connectivity index (χ3n) is 5.09. The Hall–Kier alpha value is -2.79. The summed E-state index contributed by atoms with van der Waals surface area (Å²) in [7, 11) is 0. The zero-order valence-corrected chi connectivity index (χ0v) is 17.2. The summed E-state index contributed by atoms with van der Waals surface area (Å²) in [5.41, 5.74) is 1.81. The van der Waals surface area contributed by atoms with Crippen molar-refractivity contribution in [2.24, 2.45) is 5.92 Å². The normalized spacial score (nSPS) is 14.4. The van der Waals surface area contributed by atoms with Crippen molar-refractivity contribution in [3.05, 3.63) is 72.3 Å². The highest BCUT2D eigenvalue weighted by atomic mass is 32.2. The molecule has 1 fully saturated rings. The number of anilines is 1. The van der Waals surface area contributed by atoms with Crippen LogP contribution in [0.2, 0.25) is 0 Å². The van der Waals surface area contributed by atoms with Crippen LogP contribution in [0, 0.1) is 5.92 Å². The monoisotopic (exact) mass is 404 g/mol. The first-order valence-corrected chi connectivity index (χ1v) is 10.9. The topological polar surface area (TPSA) is 58.2 Å². The Bertz CT molecular complexity index is 1030. The summed E-state index contributed by atoms with van der Waals surface area (Å²) in [5.74, 6) is 0.665. The van der Waals surface area contributed by atoms with E-state index in [9.17, 15) is 9.59 Å². The van der Waals surface area contributed by atoms with Crippen LogP contribution < -0.4 is 10.6 Å². The first-order valence-electron chi connectivity index (χ1n) is 9.90. The molecule has 2 amide bonds. The predicted molar refractivity (Wildman–Crippen MR) is 119 cm³/mol. The molecule has 2 N–H and O–H groups in total. The lowest BCUT2D eigenvalue weighted by Gasteiger charge is -2.15. The van der Waals surface area contributed by atoms with Gasteiger partial charge in [0.25, 0.3) is 0 Å². The van der Waals surface area contributed by atoms with Crippen LogP contribution in [-0.4, -0.2) is 17.6 Å². The van der Waals surface area contributed by atoms with Crippen molar-refractivity contribution < 1.29 is 9.59 Å². The van der Waals surface area contributed by atoms with Gasteiger partial charge in [0.05, 0.1) is 11.8 Å². The summed E-state index contributed by atoms with van der Waals surface area (Å²) in [4.78, 5) is 25.3. The molecule has 0 radical (unpaired) electrons. The molecular formula is C24H24N2O2S. The van der Waals surface area contributed by atoms with Crippen molar-refractivity contribution in [3.8, 4) is 0 Å². The van der Waals surface area contributed by atoms with Gasteiger partial charge in [-0.25, -0.2) is 0 Å². The molecule has 1 aliphatic carbocycles. The molecular weight excluding hydrogens is 380 g/mol. The molecule has 0 saturated heterocycles. The molecule has 1 atom stereocenters. The van der Waals surface area contributed by atoms with Gasteiger partial charge in [0.1, 0.15) is 0 Å². The summed E-state index contributed by atoms with van der Waals surface area (Å²) in [6.07, 6.45) is 1.98. The molecule has 4 nitrogen and oxygen atoms in total. The van der Waals surface area contributed by atoms with E-state index in [0.717, 1.165) is 29.0 Å². The Morgan fingerprint density at radius 1 is 1.00 bits per heavy atom. The number of benzene rings is 3. The third kappa shape index (κ3) is 5.18. The van der Waals surface area contributed by atoms with Crippen LogP contribution in [0.4, 0.5) is 5.69 Å². The Morgan fingerprint density at radius 2 is 1.72 bits per heavy atom. The zero-order valence-electron chi connectivity index (χ0n) is 16.4. The highest BCUT2D eigenvalue weighted by Crippen LogP contribution is 2.30. The average Bonchev–Trinajstić information content (AvgIpc) is 3.58. The summed E-state index contributed by atoms with van der Waals surface area (Å²) in [5, 5.41) is 8.36. The predicted octanol–water partition coefficient (Wildman–Crippen LogP) is 5.16. The van der Waals surface area contributed by atoms with Crippen LogP contribution in [0.25, 0.3) is 10.8 Å². The summed E-state index contributed by atoms with van der Waals surface area (Å²) in [6, 6.07) is 22.1. The second-order valence-electron chi connectivity index (χ2n) is 7.47. The van der Waals surface area contributed by atoms with Crippen molar-refractivity contribution in [2.45, 2.75) is 30.7 Å². The molecule has 0 heterocycles. The molecule has 148 valence electrons. The van der Waals surface area contributed by atoms with E-state index in [1.54, 1.807) is 0 Å². The van der Waals surface area contributed by atoms with Crippen LogP contribution in [0.3, 0.4) is 0 Å². The third-order valence-corrected chi connectivity index (χ3v) is 6.09. The molecule has 3 aromatic rings. The Balaban J connectivity index is 1.28. The van der Waals surface area contributed by atoms with E-state index in [2.05, 4.69) is 41.0 Å². The van der Waals surface area contributed by atoms with Gasteiger partial charge >= 0.3 is 0 Å². The number of hydrogen-bond donors (Lipinski definition) is 2. The Morgan fingerprint density at radius 3 is 2.45 bits per heavy atom. The van der Waals surface area contributed by atoms with E-state index in [1.807, 2.05) is 43.3 Å². The minimum absolute atomic E-state index is 0.00164. The van der Waals surface area contributed by atoms with Gasteiger partial charge in [0.2, 0.25) is 11.8 Å².